The lowest BCUT2D eigenvalue weighted by Crippen LogP contribution is -2.38. The van der Waals surface area contributed by atoms with Crippen molar-refractivity contribution in [1.82, 2.24) is 5.32 Å². The molecule has 1 N–H and O–H groups in total. The third-order valence-corrected chi connectivity index (χ3v) is 4.06. The van der Waals surface area contributed by atoms with Gasteiger partial charge in [-0.15, -0.1) is 0 Å². The average Bonchev–Trinajstić information content (AvgIpc) is 2.65. The molecule has 2 aromatic rings. The van der Waals surface area contributed by atoms with Gasteiger partial charge in [-0.05, 0) is 56.0 Å². The standard InChI is InChI=1S/C21H27NO3/c1-4-20(25-19-11-7-16(2)8-12-19)21(23)22-15-5-6-17-9-13-18(24-3)14-10-17/h7-14,20H,4-6,15H2,1-3H3,(H,22,23)/t20-/m1/s1. The number of hydrogen-bond donors (Lipinski definition) is 1. The molecule has 25 heavy (non-hydrogen) atoms. The molecule has 134 valence electrons. The van der Waals surface area contributed by atoms with Crippen LogP contribution in [0.3, 0.4) is 0 Å². The first-order valence-corrected chi connectivity index (χ1v) is 8.76. The Morgan fingerprint density at radius 2 is 1.68 bits per heavy atom. The topological polar surface area (TPSA) is 47.6 Å². The third kappa shape index (κ3) is 6.14. The van der Waals surface area contributed by atoms with Crippen LogP contribution in [0.1, 0.15) is 30.9 Å². The van der Waals surface area contributed by atoms with Gasteiger partial charge in [0.25, 0.3) is 5.91 Å². The molecule has 0 saturated carbocycles. The SMILES string of the molecule is CC[C@@H](Oc1ccc(C)cc1)C(=O)NCCCc1ccc(OC)cc1. The second-order valence-corrected chi connectivity index (χ2v) is 6.07. The van der Waals surface area contributed by atoms with E-state index >= 15 is 0 Å². The Labute approximate surface area is 150 Å². The minimum atomic E-state index is -0.455. The quantitative estimate of drug-likeness (QED) is 0.704. The molecule has 4 heteroatoms. The number of aryl methyl sites for hydroxylation is 2. The molecule has 0 bridgehead atoms. The monoisotopic (exact) mass is 341 g/mol. The number of carbonyl (C=O) groups excluding carboxylic acids is 1. The van der Waals surface area contributed by atoms with Gasteiger partial charge >= 0.3 is 0 Å². The summed E-state index contributed by atoms with van der Waals surface area (Å²) in [6, 6.07) is 15.8. The summed E-state index contributed by atoms with van der Waals surface area (Å²) in [4.78, 5) is 12.3. The summed E-state index contributed by atoms with van der Waals surface area (Å²) in [5.74, 6) is 1.53. The van der Waals surface area contributed by atoms with Crippen molar-refractivity contribution in [2.24, 2.45) is 0 Å². The summed E-state index contributed by atoms with van der Waals surface area (Å²) < 4.78 is 10.9. The summed E-state index contributed by atoms with van der Waals surface area (Å²) >= 11 is 0. The van der Waals surface area contributed by atoms with Gasteiger partial charge in [0.05, 0.1) is 7.11 Å². The van der Waals surface area contributed by atoms with Gasteiger partial charge in [-0.25, -0.2) is 0 Å². The van der Waals surface area contributed by atoms with E-state index < -0.39 is 6.10 Å². The molecule has 0 heterocycles. The van der Waals surface area contributed by atoms with E-state index in [9.17, 15) is 4.79 Å². The van der Waals surface area contributed by atoms with Crippen molar-refractivity contribution in [1.29, 1.82) is 0 Å². The van der Waals surface area contributed by atoms with Crippen LogP contribution in [0, 0.1) is 6.92 Å². The van der Waals surface area contributed by atoms with E-state index in [-0.39, 0.29) is 5.91 Å². The van der Waals surface area contributed by atoms with Crippen molar-refractivity contribution < 1.29 is 14.3 Å². The first-order valence-electron chi connectivity index (χ1n) is 8.76. The normalized spacial score (nSPS) is 11.6. The summed E-state index contributed by atoms with van der Waals surface area (Å²) in [6.45, 7) is 4.62. The Kier molecular flexibility index (Phi) is 7.33. The second kappa shape index (κ2) is 9.72. The lowest BCUT2D eigenvalue weighted by molar-refractivity contribution is -0.128. The zero-order valence-corrected chi connectivity index (χ0v) is 15.2. The fourth-order valence-corrected chi connectivity index (χ4v) is 2.51. The third-order valence-electron chi connectivity index (χ3n) is 4.06. The minimum absolute atomic E-state index is 0.0576. The average molecular weight is 341 g/mol. The van der Waals surface area contributed by atoms with Gasteiger partial charge in [0.1, 0.15) is 11.5 Å². The van der Waals surface area contributed by atoms with Gasteiger partial charge in [0, 0.05) is 6.54 Å². The number of amides is 1. The Hall–Kier alpha value is -2.49. The second-order valence-electron chi connectivity index (χ2n) is 6.07. The minimum Gasteiger partial charge on any atom is -0.497 e. The van der Waals surface area contributed by atoms with Crippen molar-refractivity contribution in [3.63, 3.8) is 0 Å². The molecule has 1 amide bonds. The molecule has 0 aliphatic carbocycles. The highest BCUT2D eigenvalue weighted by atomic mass is 16.5. The molecule has 0 fully saturated rings. The van der Waals surface area contributed by atoms with Crippen molar-refractivity contribution in [3.05, 3.63) is 59.7 Å². The number of methoxy groups -OCH3 is 1. The maximum absolute atomic E-state index is 12.3. The predicted octanol–water partition coefficient (Wildman–Crippen LogP) is 3.91. The highest BCUT2D eigenvalue weighted by Gasteiger charge is 2.17. The summed E-state index contributed by atoms with van der Waals surface area (Å²) in [6.07, 6.45) is 1.99. The lowest BCUT2D eigenvalue weighted by Gasteiger charge is -2.17. The number of nitrogens with one attached hydrogen (secondary N) is 1. The molecule has 0 spiro atoms. The number of benzene rings is 2. The summed E-state index contributed by atoms with van der Waals surface area (Å²) in [5.41, 5.74) is 2.40. The van der Waals surface area contributed by atoms with E-state index in [4.69, 9.17) is 9.47 Å². The van der Waals surface area contributed by atoms with E-state index in [1.807, 2.05) is 50.2 Å². The van der Waals surface area contributed by atoms with Crippen LogP contribution in [0.15, 0.2) is 48.5 Å². The van der Waals surface area contributed by atoms with E-state index in [0.29, 0.717) is 13.0 Å². The van der Waals surface area contributed by atoms with Crippen molar-refractivity contribution in [2.75, 3.05) is 13.7 Å². The first-order chi connectivity index (χ1) is 12.1. The van der Waals surface area contributed by atoms with Crippen LogP contribution in [0.4, 0.5) is 0 Å². The molecule has 0 aliphatic heterocycles. The molecule has 1 atom stereocenters. The zero-order chi connectivity index (χ0) is 18.1. The number of carbonyl (C=O) groups is 1. The molecule has 0 unspecified atom stereocenters. The largest absolute Gasteiger partial charge is 0.497 e. The molecule has 0 saturated heterocycles. The van der Waals surface area contributed by atoms with Crippen molar-refractivity contribution >= 4 is 5.91 Å². The molecule has 0 aliphatic rings. The maximum Gasteiger partial charge on any atom is 0.261 e. The lowest BCUT2D eigenvalue weighted by atomic mass is 10.1. The van der Waals surface area contributed by atoms with Gasteiger partial charge in [-0.2, -0.15) is 0 Å². The van der Waals surface area contributed by atoms with Crippen LogP contribution >= 0.6 is 0 Å². The van der Waals surface area contributed by atoms with Crippen molar-refractivity contribution in [3.8, 4) is 11.5 Å². The molecular weight excluding hydrogens is 314 g/mol. The van der Waals surface area contributed by atoms with Gasteiger partial charge in [0.2, 0.25) is 0 Å². The van der Waals surface area contributed by atoms with Crippen LogP contribution in [-0.4, -0.2) is 25.7 Å². The number of ether oxygens (including phenoxy) is 2. The number of rotatable bonds is 9. The smallest absolute Gasteiger partial charge is 0.261 e. The van der Waals surface area contributed by atoms with Crippen LogP contribution in [-0.2, 0) is 11.2 Å². The van der Waals surface area contributed by atoms with Gasteiger partial charge in [-0.1, -0.05) is 36.8 Å². The van der Waals surface area contributed by atoms with Crippen LogP contribution in [0.25, 0.3) is 0 Å². The van der Waals surface area contributed by atoms with Crippen LogP contribution in [0.5, 0.6) is 11.5 Å². The van der Waals surface area contributed by atoms with Crippen LogP contribution in [0.2, 0.25) is 0 Å². The predicted molar refractivity (Wildman–Crippen MR) is 100 cm³/mol. The summed E-state index contributed by atoms with van der Waals surface area (Å²) in [5, 5.41) is 2.97. The maximum atomic E-state index is 12.3. The molecule has 4 nitrogen and oxygen atoms in total. The van der Waals surface area contributed by atoms with E-state index in [1.54, 1.807) is 7.11 Å². The molecule has 2 aromatic carbocycles. The molecular formula is C21H27NO3. The van der Waals surface area contributed by atoms with Gasteiger partial charge < -0.3 is 14.8 Å². The number of hydrogen-bond acceptors (Lipinski definition) is 3. The van der Waals surface area contributed by atoms with Gasteiger partial charge in [-0.3, -0.25) is 4.79 Å². The van der Waals surface area contributed by atoms with E-state index in [1.165, 1.54) is 11.1 Å². The fraction of sp³-hybridized carbons (Fsp3) is 0.381. The summed E-state index contributed by atoms with van der Waals surface area (Å²) in [7, 11) is 1.66. The Morgan fingerprint density at radius 3 is 2.28 bits per heavy atom. The molecule has 2 rings (SSSR count). The Morgan fingerprint density at radius 1 is 1.04 bits per heavy atom. The molecule has 0 aromatic heterocycles. The highest BCUT2D eigenvalue weighted by Crippen LogP contribution is 2.15. The Bertz CT molecular complexity index is 650. The highest BCUT2D eigenvalue weighted by molar-refractivity contribution is 5.81. The Balaban J connectivity index is 1.74. The molecule has 0 radical (unpaired) electrons. The van der Waals surface area contributed by atoms with E-state index in [0.717, 1.165) is 24.3 Å². The van der Waals surface area contributed by atoms with Crippen LogP contribution < -0.4 is 14.8 Å². The van der Waals surface area contributed by atoms with Gasteiger partial charge in [0.15, 0.2) is 6.10 Å². The zero-order valence-electron chi connectivity index (χ0n) is 15.2. The fourth-order valence-electron chi connectivity index (χ4n) is 2.51. The van der Waals surface area contributed by atoms with E-state index in [2.05, 4.69) is 17.4 Å². The van der Waals surface area contributed by atoms with Crippen molar-refractivity contribution in [2.45, 2.75) is 39.2 Å². The first kappa shape index (κ1) is 18.8.